The number of benzene rings is 2. The summed E-state index contributed by atoms with van der Waals surface area (Å²) in [6.45, 7) is 6.47. The van der Waals surface area contributed by atoms with Gasteiger partial charge in [0.2, 0.25) is 0 Å². The first-order chi connectivity index (χ1) is 15.1. The van der Waals surface area contributed by atoms with Crippen LogP contribution in [0.4, 0.5) is 0 Å². The summed E-state index contributed by atoms with van der Waals surface area (Å²) >= 11 is 0. The predicted molar refractivity (Wildman–Crippen MR) is 122 cm³/mol. The summed E-state index contributed by atoms with van der Waals surface area (Å²) < 4.78 is 5.50. The predicted octanol–water partition coefficient (Wildman–Crippen LogP) is 3.39. The number of amides is 1. The number of likely N-dealkylation sites (tertiary alicyclic amines) is 1. The Morgan fingerprint density at radius 1 is 1.29 bits per heavy atom. The van der Waals surface area contributed by atoms with Crippen LogP contribution in [0.1, 0.15) is 35.2 Å². The van der Waals surface area contributed by atoms with E-state index in [1.165, 1.54) is 5.56 Å². The second kappa shape index (κ2) is 9.25. The molecule has 2 fully saturated rings. The number of hydrogen-bond donors (Lipinski definition) is 2. The third-order valence-corrected chi connectivity index (χ3v) is 7.04. The van der Waals surface area contributed by atoms with Crippen molar-refractivity contribution in [3.63, 3.8) is 0 Å². The molecule has 2 aliphatic rings. The maximum atomic E-state index is 12.8. The number of nitrogens with one attached hydrogen (secondary N) is 1. The first kappa shape index (κ1) is 21.6. The van der Waals surface area contributed by atoms with Gasteiger partial charge < -0.3 is 15.2 Å². The summed E-state index contributed by atoms with van der Waals surface area (Å²) in [6.07, 6.45) is 3.73. The van der Waals surface area contributed by atoms with E-state index < -0.39 is 6.10 Å². The lowest BCUT2D eigenvalue weighted by molar-refractivity contribution is -0.0450. The number of rotatable bonds is 6. The molecule has 0 spiro atoms. The van der Waals surface area contributed by atoms with Gasteiger partial charge in [0.15, 0.2) is 0 Å². The quantitative estimate of drug-likeness (QED) is 0.704. The summed E-state index contributed by atoms with van der Waals surface area (Å²) in [6, 6.07) is 17.4. The fourth-order valence-electron chi connectivity index (χ4n) is 5.54. The molecule has 1 saturated carbocycles. The Hall–Kier alpha value is -2.63. The van der Waals surface area contributed by atoms with Crippen LogP contribution in [0.5, 0.6) is 5.75 Å². The van der Waals surface area contributed by atoms with Crippen molar-refractivity contribution >= 4 is 5.91 Å². The highest BCUT2D eigenvalue weighted by atomic mass is 16.5. The monoisotopic (exact) mass is 420 g/mol. The van der Waals surface area contributed by atoms with Gasteiger partial charge in [0.05, 0.1) is 13.2 Å². The van der Waals surface area contributed by atoms with Gasteiger partial charge >= 0.3 is 0 Å². The van der Waals surface area contributed by atoms with E-state index in [0.29, 0.717) is 12.0 Å². The molecule has 1 amide bonds. The second-order valence-electron chi connectivity index (χ2n) is 8.84. The minimum atomic E-state index is -0.492. The van der Waals surface area contributed by atoms with Crippen molar-refractivity contribution in [2.24, 2.45) is 5.92 Å². The molecule has 31 heavy (non-hydrogen) atoms. The van der Waals surface area contributed by atoms with Crippen molar-refractivity contribution in [3.8, 4) is 5.75 Å². The largest absolute Gasteiger partial charge is 0.497 e. The number of nitrogens with zero attached hydrogens (tertiary/aromatic N) is 1. The van der Waals surface area contributed by atoms with Crippen LogP contribution in [0.15, 0.2) is 67.3 Å². The maximum absolute atomic E-state index is 12.8. The van der Waals surface area contributed by atoms with Gasteiger partial charge in [0.1, 0.15) is 5.75 Å². The Labute approximate surface area is 184 Å². The van der Waals surface area contributed by atoms with Crippen molar-refractivity contribution in [2.45, 2.75) is 36.8 Å². The molecule has 1 aliphatic carbocycles. The van der Waals surface area contributed by atoms with Gasteiger partial charge in [-0.1, -0.05) is 36.4 Å². The van der Waals surface area contributed by atoms with Crippen molar-refractivity contribution in [1.82, 2.24) is 10.2 Å². The molecule has 4 rings (SSSR count). The summed E-state index contributed by atoms with van der Waals surface area (Å²) in [5.41, 5.74) is 1.63. The fourth-order valence-corrected chi connectivity index (χ4v) is 5.54. The molecule has 0 bridgehead atoms. The standard InChI is InChI=1S/C26H32N2O3/c1-3-13-28-14-12-26(20-10-7-11-22(15-20)31-2)17-21(16-24(29)23(26)18-28)27-25(30)19-8-5-4-6-9-19/h3-11,15,21,23-24,29H,1,12-14,16-18H2,2H3,(H,27,30)/t21-,23-,24?,26-/m0/s1. The van der Waals surface area contributed by atoms with Gasteiger partial charge in [-0.25, -0.2) is 0 Å². The average Bonchev–Trinajstić information content (AvgIpc) is 2.80. The first-order valence-corrected chi connectivity index (χ1v) is 11.1. The Morgan fingerprint density at radius 2 is 2.10 bits per heavy atom. The lowest BCUT2D eigenvalue weighted by Crippen LogP contribution is -2.61. The topological polar surface area (TPSA) is 61.8 Å². The number of carbonyl (C=O) groups excluding carboxylic acids is 1. The van der Waals surface area contributed by atoms with Crippen LogP contribution in [0.25, 0.3) is 0 Å². The minimum Gasteiger partial charge on any atom is -0.497 e. The van der Waals surface area contributed by atoms with E-state index in [1.54, 1.807) is 7.11 Å². The number of carbonyl (C=O) groups is 1. The number of aliphatic hydroxyl groups excluding tert-OH is 1. The fraction of sp³-hybridized carbons (Fsp3) is 0.423. The highest BCUT2D eigenvalue weighted by Gasteiger charge is 2.52. The van der Waals surface area contributed by atoms with Crippen molar-refractivity contribution in [1.29, 1.82) is 0 Å². The maximum Gasteiger partial charge on any atom is 0.251 e. The van der Waals surface area contributed by atoms with Crippen molar-refractivity contribution in [3.05, 3.63) is 78.4 Å². The molecule has 2 N–H and O–H groups in total. The summed E-state index contributed by atoms with van der Waals surface area (Å²) in [5, 5.41) is 14.5. The van der Waals surface area contributed by atoms with Gasteiger partial charge in [-0.15, -0.1) is 6.58 Å². The molecule has 1 heterocycles. The van der Waals surface area contributed by atoms with Gasteiger partial charge in [0.25, 0.3) is 5.91 Å². The molecule has 4 atom stereocenters. The van der Waals surface area contributed by atoms with Crippen LogP contribution < -0.4 is 10.1 Å². The summed E-state index contributed by atoms with van der Waals surface area (Å²) in [4.78, 5) is 15.2. The molecule has 0 aromatic heterocycles. The van der Waals surface area contributed by atoms with Crippen molar-refractivity contribution < 1.29 is 14.6 Å². The SMILES string of the molecule is C=CCN1CC[C@@]2(c3cccc(OC)c3)C[C@@H](NC(=O)c3ccccc3)CC(O)[C@@H]2C1. The lowest BCUT2D eigenvalue weighted by atomic mass is 9.57. The highest BCUT2D eigenvalue weighted by molar-refractivity contribution is 5.94. The van der Waals surface area contributed by atoms with Crippen LogP contribution in [-0.4, -0.2) is 54.8 Å². The minimum absolute atomic E-state index is 0.0823. The van der Waals surface area contributed by atoms with Gasteiger partial charge in [0, 0.05) is 36.0 Å². The Kier molecular flexibility index (Phi) is 6.44. The molecule has 0 radical (unpaired) electrons. The smallest absolute Gasteiger partial charge is 0.251 e. The molecule has 164 valence electrons. The molecule has 2 aromatic carbocycles. The van der Waals surface area contributed by atoms with E-state index >= 15 is 0 Å². The summed E-state index contributed by atoms with van der Waals surface area (Å²) in [7, 11) is 1.68. The van der Waals surface area contributed by atoms with E-state index in [4.69, 9.17) is 4.74 Å². The van der Waals surface area contributed by atoms with E-state index in [1.807, 2.05) is 48.5 Å². The van der Waals surface area contributed by atoms with Crippen LogP contribution in [0.2, 0.25) is 0 Å². The third kappa shape index (κ3) is 4.39. The Morgan fingerprint density at radius 3 is 2.84 bits per heavy atom. The zero-order valence-corrected chi connectivity index (χ0v) is 18.2. The van der Waals surface area contributed by atoms with Crippen molar-refractivity contribution in [2.75, 3.05) is 26.7 Å². The number of aliphatic hydroxyl groups is 1. The first-order valence-electron chi connectivity index (χ1n) is 11.1. The summed E-state index contributed by atoms with van der Waals surface area (Å²) in [5.74, 6) is 0.836. The lowest BCUT2D eigenvalue weighted by Gasteiger charge is -2.54. The molecular formula is C26H32N2O3. The van der Waals surface area contributed by atoms with Gasteiger partial charge in [-0.2, -0.15) is 0 Å². The van der Waals surface area contributed by atoms with Gasteiger partial charge in [-0.3, -0.25) is 9.69 Å². The molecule has 5 heteroatoms. The van der Waals surface area contributed by atoms with E-state index in [0.717, 1.165) is 38.2 Å². The van der Waals surface area contributed by atoms with Crippen LogP contribution in [-0.2, 0) is 5.41 Å². The van der Waals surface area contributed by atoms with Crippen LogP contribution >= 0.6 is 0 Å². The number of piperidine rings is 1. The van der Waals surface area contributed by atoms with E-state index in [9.17, 15) is 9.90 Å². The molecule has 5 nitrogen and oxygen atoms in total. The van der Waals surface area contributed by atoms with E-state index in [2.05, 4.69) is 28.9 Å². The van der Waals surface area contributed by atoms with Gasteiger partial charge in [-0.05, 0) is 55.6 Å². The van der Waals surface area contributed by atoms with Crippen LogP contribution in [0.3, 0.4) is 0 Å². The number of ether oxygens (including phenoxy) is 1. The molecule has 1 unspecified atom stereocenters. The Balaban J connectivity index is 1.64. The third-order valence-electron chi connectivity index (χ3n) is 7.04. The number of methoxy groups -OCH3 is 1. The zero-order valence-electron chi connectivity index (χ0n) is 18.2. The molecular weight excluding hydrogens is 388 g/mol. The molecule has 1 saturated heterocycles. The normalized spacial score (nSPS) is 28.4. The highest BCUT2D eigenvalue weighted by Crippen LogP contribution is 2.49. The second-order valence-corrected chi connectivity index (χ2v) is 8.84. The number of hydrogen-bond acceptors (Lipinski definition) is 4. The average molecular weight is 421 g/mol. The molecule has 1 aliphatic heterocycles. The van der Waals surface area contributed by atoms with E-state index in [-0.39, 0.29) is 23.3 Å². The van der Waals surface area contributed by atoms with Crippen LogP contribution in [0, 0.1) is 5.92 Å². The molecule has 2 aromatic rings. The number of fused-ring (bicyclic) bond motifs is 1. The Bertz CT molecular complexity index is 916. The zero-order chi connectivity index (χ0) is 21.8.